The third-order valence-corrected chi connectivity index (χ3v) is 2.93. The fourth-order valence-corrected chi connectivity index (χ4v) is 1.89. The molecule has 2 nitrogen and oxygen atoms in total. The van der Waals surface area contributed by atoms with E-state index in [4.69, 9.17) is 16.3 Å². The van der Waals surface area contributed by atoms with Crippen molar-refractivity contribution in [2.45, 2.75) is 25.4 Å². The topological polar surface area (TPSA) is 29.5 Å². The average Bonchev–Trinajstić information content (AvgIpc) is 2.26. The quantitative estimate of drug-likeness (QED) is 0.840. The zero-order valence-electron chi connectivity index (χ0n) is 9.11. The molecule has 0 amide bonds. The molecule has 0 saturated heterocycles. The van der Waals surface area contributed by atoms with E-state index in [2.05, 4.69) is 0 Å². The fourth-order valence-electron chi connectivity index (χ4n) is 1.60. The minimum absolute atomic E-state index is 0.0497. The maximum Gasteiger partial charge on any atom is 0.0549 e. The molecule has 84 valence electrons. The number of benzene rings is 1. The van der Waals surface area contributed by atoms with Crippen LogP contribution in [0.1, 0.15) is 24.8 Å². The van der Waals surface area contributed by atoms with E-state index < -0.39 is 0 Å². The van der Waals surface area contributed by atoms with Crippen molar-refractivity contribution in [1.82, 2.24) is 0 Å². The van der Waals surface area contributed by atoms with E-state index in [1.54, 1.807) is 7.11 Å². The van der Waals surface area contributed by atoms with E-state index in [0.717, 1.165) is 12.0 Å². The highest BCUT2D eigenvalue weighted by Crippen LogP contribution is 2.27. The van der Waals surface area contributed by atoms with Crippen LogP contribution in [-0.2, 0) is 4.74 Å². The van der Waals surface area contributed by atoms with Crippen molar-refractivity contribution in [2.24, 2.45) is 0 Å². The molecule has 2 unspecified atom stereocenters. The van der Waals surface area contributed by atoms with Crippen LogP contribution in [0.4, 0.5) is 0 Å². The van der Waals surface area contributed by atoms with Crippen molar-refractivity contribution in [1.29, 1.82) is 0 Å². The summed E-state index contributed by atoms with van der Waals surface area (Å²) >= 11 is 6.07. The number of methoxy groups -OCH3 is 1. The van der Waals surface area contributed by atoms with Gasteiger partial charge in [0.15, 0.2) is 0 Å². The molecule has 0 aliphatic rings. The summed E-state index contributed by atoms with van der Waals surface area (Å²) in [6, 6.07) is 7.62. The van der Waals surface area contributed by atoms with Gasteiger partial charge in [-0.2, -0.15) is 0 Å². The molecule has 1 rings (SSSR count). The summed E-state index contributed by atoms with van der Waals surface area (Å²) in [6.45, 7) is 2.08. The Morgan fingerprint density at radius 2 is 2.07 bits per heavy atom. The van der Waals surface area contributed by atoms with E-state index in [-0.39, 0.29) is 18.6 Å². The molecular formula is C12H17ClO2. The lowest BCUT2D eigenvalue weighted by Crippen LogP contribution is -2.14. The molecular weight excluding hydrogens is 212 g/mol. The molecule has 1 N–H and O–H groups in total. The largest absolute Gasteiger partial charge is 0.396 e. The SMILES string of the molecule is COC(C)CC(CO)c1ccccc1Cl. The van der Waals surface area contributed by atoms with Gasteiger partial charge in [-0.05, 0) is 25.0 Å². The molecule has 0 bridgehead atoms. The van der Waals surface area contributed by atoms with Crippen LogP contribution in [0.15, 0.2) is 24.3 Å². The smallest absolute Gasteiger partial charge is 0.0549 e. The van der Waals surface area contributed by atoms with Gasteiger partial charge >= 0.3 is 0 Å². The van der Waals surface area contributed by atoms with Gasteiger partial charge < -0.3 is 9.84 Å². The summed E-state index contributed by atoms with van der Waals surface area (Å²) in [5.41, 5.74) is 0.991. The van der Waals surface area contributed by atoms with Gasteiger partial charge in [0.25, 0.3) is 0 Å². The maximum absolute atomic E-state index is 9.33. The Hall–Kier alpha value is -0.570. The van der Waals surface area contributed by atoms with Crippen LogP contribution in [0.2, 0.25) is 5.02 Å². The Morgan fingerprint density at radius 3 is 2.60 bits per heavy atom. The van der Waals surface area contributed by atoms with Crippen molar-refractivity contribution < 1.29 is 9.84 Å². The van der Waals surface area contributed by atoms with Crippen molar-refractivity contribution in [3.63, 3.8) is 0 Å². The molecule has 0 saturated carbocycles. The molecule has 1 aromatic carbocycles. The van der Waals surface area contributed by atoms with E-state index in [1.807, 2.05) is 31.2 Å². The minimum atomic E-state index is 0.0497. The van der Waals surface area contributed by atoms with E-state index >= 15 is 0 Å². The molecule has 0 aliphatic heterocycles. The molecule has 2 atom stereocenters. The Balaban J connectivity index is 2.78. The zero-order chi connectivity index (χ0) is 11.3. The Bertz CT molecular complexity index is 301. The van der Waals surface area contributed by atoms with Crippen LogP contribution in [0.5, 0.6) is 0 Å². The molecule has 0 fully saturated rings. The van der Waals surface area contributed by atoms with Gasteiger partial charge in [-0.15, -0.1) is 0 Å². The van der Waals surface area contributed by atoms with Gasteiger partial charge in [-0.25, -0.2) is 0 Å². The van der Waals surface area contributed by atoms with Crippen LogP contribution >= 0.6 is 11.6 Å². The van der Waals surface area contributed by atoms with E-state index in [9.17, 15) is 5.11 Å². The summed E-state index contributed by atoms with van der Waals surface area (Å²) < 4.78 is 5.19. The highest BCUT2D eigenvalue weighted by atomic mass is 35.5. The van der Waals surface area contributed by atoms with Gasteiger partial charge in [0.05, 0.1) is 12.7 Å². The van der Waals surface area contributed by atoms with Gasteiger partial charge in [-0.1, -0.05) is 29.8 Å². The third-order valence-electron chi connectivity index (χ3n) is 2.58. The van der Waals surface area contributed by atoms with Gasteiger partial charge in [0.2, 0.25) is 0 Å². The first kappa shape index (κ1) is 12.5. The van der Waals surface area contributed by atoms with Crippen LogP contribution in [0, 0.1) is 0 Å². The summed E-state index contributed by atoms with van der Waals surface area (Å²) in [7, 11) is 1.67. The average molecular weight is 229 g/mol. The first-order valence-corrected chi connectivity index (χ1v) is 5.45. The lowest BCUT2D eigenvalue weighted by atomic mass is 9.94. The lowest BCUT2D eigenvalue weighted by Gasteiger charge is -2.19. The van der Waals surface area contributed by atoms with Gasteiger partial charge in [0.1, 0.15) is 0 Å². The predicted octanol–water partition coefficient (Wildman–Crippen LogP) is 2.84. The van der Waals surface area contributed by atoms with E-state index in [0.29, 0.717) is 5.02 Å². The van der Waals surface area contributed by atoms with E-state index in [1.165, 1.54) is 0 Å². The number of ether oxygens (including phenoxy) is 1. The fraction of sp³-hybridized carbons (Fsp3) is 0.500. The molecule has 1 aromatic rings. The molecule has 0 aromatic heterocycles. The second kappa shape index (κ2) is 6.11. The van der Waals surface area contributed by atoms with Crippen molar-refractivity contribution in [3.8, 4) is 0 Å². The third kappa shape index (κ3) is 3.49. The normalized spacial score (nSPS) is 14.9. The number of hydrogen-bond donors (Lipinski definition) is 1. The highest BCUT2D eigenvalue weighted by molar-refractivity contribution is 6.31. The Morgan fingerprint density at radius 1 is 1.40 bits per heavy atom. The molecule has 0 radical (unpaired) electrons. The Labute approximate surface area is 95.8 Å². The minimum Gasteiger partial charge on any atom is -0.396 e. The van der Waals surface area contributed by atoms with Gasteiger partial charge in [0, 0.05) is 18.1 Å². The number of halogens is 1. The second-order valence-electron chi connectivity index (χ2n) is 3.68. The van der Waals surface area contributed by atoms with Gasteiger partial charge in [-0.3, -0.25) is 0 Å². The maximum atomic E-state index is 9.33. The molecule has 0 spiro atoms. The van der Waals surface area contributed by atoms with Crippen LogP contribution in [0.3, 0.4) is 0 Å². The van der Waals surface area contributed by atoms with Crippen LogP contribution in [-0.4, -0.2) is 24.9 Å². The van der Waals surface area contributed by atoms with Crippen molar-refractivity contribution >= 4 is 11.6 Å². The summed E-state index contributed by atoms with van der Waals surface area (Å²) in [4.78, 5) is 0. The number of hydrogen-bond acceptors (Lipinski definition) is 2. The second-order valence-corrected chi connectivity index (χ2v) is 4.09. The molecule has 3 heteroatoms. The number of aliphatic hydroxyl groups excluding tert-OH is 1. The zero-order valence-corrected chi connectivity index (χ0v) is 9.87. The first-order valence-electron chi connectivity index (χ1n) is 5.07. The molecule has 0 aliphatic carbocycles. The van der Waals surface area contributed by atoms with Crippen molar-refractivity contribution in [3.05, 3.63) is 34.9 Å². The van der Waals surface area contributed by atoms with Crippen molar-refractivity contribution in [2.75, 3.05) is 13.7 Å². The van der Waals surface area contributed by atoms with Crippen LogP contribution in [0.25, 0.3) is 0 Å². The molecule has 15 heavy (non-hydrogen) atoms. The highest BCUT2D eigenvalue weighted by Gasteiger charge is 2.16. The standard InChI is InChI=1S/C12H17ClO2/c1-9(15-2)7-10(8-14)11-5-3-4-6-12(11)13/h3-6,9-10,14H,7-8H2,1-2H3. The first-order chi connectivity index (χ1) is 7.19. The summed E-state index contributed by atoms with van der Waals surface area (Å²) in [6.07, 6.45) is 0.898. The summed E-state index contributed by atoms with van der Waals surface area (Å²) in [5, 5.41) is 10.0. The number of rotatable bonds is 5. The predicted molar refractivity (Wildman–Crippen MR) is 62.4 cm³/mol. The summed E-state index contributed by atoms with van der Waals surface area (Å²) in [5.74, 6) is 0.0497. The monoisotopic (exact) mass is 228 g/mol. The molecule has 0 heterocycles. The lowest BCUT2D eigenvalue weighted by molar-refractivity contribution is 0.0950. The van der Waals surface area contributed by atoms with Crippen LogP contribution < -0.4 is 0 Å². The number of aliphatic hydroxyl groups is 1. The Kier molecular flexibility index (Phi) is 5.09.